The van der Waals surface area contributed by atoms with Gasteiger partial charge in [0.2, 0.25) is 0 Å². The molecule has 0 aromatic heterocycles. The Morgan fingerprint density at radius 3 is 1.69 bits per heavy atom. The van der Waals surface area contributed by atoms with Gasteiger partial charge in [-0.3, -0.25) is 0 Å². The molecule has 4 saturated carbocycles. The maximum absolute atomic E-state index is 12.0. The first kappa shape index (κ1) is 14.8. The molecule has 4 aliphatic rings. The third-order valence-electron chi connectivity index (χ3n) is 4.63. The van der Waals surface area contributed by atoms with Crippen molar-refractivity contribution in [2.45, 2.75) is 38.5 Å². The summed E-state index contributed by atoms with van der Waals surface area (Å²) in [5, 5.41) is 0. The zero-order valence-electron chi connectivity index (χ0n) is 9.14. The zero-order chi connectivity index (χ0) is 9.76. The summed E-state index contributed by atoms with van der Waals surface area (Å²) < 4.78 is 2.88. The van der Waals surface area contributed by atoms with Crippen LogP contribution in [0.1, 0.15) is 38.5 Å². The van der Waals surface area contributed by atoms with E-state index in [2.05, 4.69) is 3.80 Å². The number of halogens is 2. The van der Waals surface area contributed by atoms with Crippen molar-refractivity contribution in [3.63, 3.8) is 0 Å². The molecule has 0 aromatic rings. The standard InChI is InChI=1S/C11H17NO.2ClH.Ti/c12-10(13)11-4-7-1-8(5-11)3-9(2-7)6-11;;;/h7-9H,1-6H2,(H2,12,13);2*1H;/q;;;+3/p-3. The summed E-state index contributed by atoms with van der Waals surface area (Å²) >= 11 is 1.79. The van der Waals surface area contributed by atoms with Crippen LogP contribution in [0.15, 0.2) is 0 Å². The Hall–Kier alpha value is 0.764. The van der Waals surface area contributed by atoms with Crippen LogP contribution in [0.5, 0.6) is 0 Å². The molecular formula is C11H16Cl2NOTi. The smallest absolute Gasteiger partial charge is 1.00 e. The maximum Gasteiger partial charge on any atom is -1.00 e. The van der Waals surface area contributed by atoms with Crippen LogP contribution in [0.4, 0.5) is 0 Å². The summed E-state index contributed by atoms with van der Waals surface area (Å²) in [4.78, 5) is 12.0. The molecule has 0 unspecified atom stereocenters. The Kier molecular flexibility index (Phi) is 4.80. The predicted molar refractivity (Wildman–Crippen MR) is 48.7 cm³/mol. The first-order valence-corrected chi connectivity index (χ1v) is 6.47. The van der Waals surface area contributed by atoms with Crippen molar-refractivity contribution in [1.82, 2.24) is 3.80 Å². The molecule has 0 aromatic carbocycles. The Labute approximate surface area is 121 Å². The molecule has 16 heavy (non-hydrogen) atoms. The number of hydrogen-bond acceptors (Lipinski definition) is 1. The topological polar surface area (TPSA) is 29.1 Å². The molecule has 4 aliphatic carbocycles. The van der Waals surface area contributed by atoms with Crippen molar-refractivity contribution in [1.29, 1.82) is 0 Å². The molecule has 2 nitrogen and oxygen atoms in total. The van der Waals surface area contributed by atoms with Gasteiger partial charge in [-0.25, -0.2) is 0 Å². The van der Waals surface area contributed by atoms with Crippen molar-refractivity contribution in [3.05, 3.63) is 0 Å². The largest absolute Gasteiger partial charge is 1.00 e. The van der Waals surface area contributed by atoms with E-state index >= 15 is 0 Å². The van der Waals surface area contributed by atoms with E-state index in [1.807, 2.05) is 0 Å². The van der Waals surface area contributed by atoms with Gasteiger partial charge < -0.3 is 24.8 Å². The maximum atomic E-state index is 12.0. The van der Waals surface area contributed by atoms with E-state index in [9.17, 15) is 4.79 Å². The normalized spacial score (nSPS) is 43.2. The van der Waals surface area contributed by atoms with Crippen LogP contribution in [0.3, 0.4) is 0 Å². The van der Waals surface area contributed by atoms with Crippen molar-refractivity contribution >= 4 is 5.91 Å². The fraction of sp³-hybridized carbons (Fsp3) is 0.909. The summed E-state index contributed by atoms with van der Waals surface area (Å²) in [7, 11) is 0. The number of carbonyl (C=O) groups excluding carboxylic acids is 1. The minimum absolute atomic E-state index is 0. The second kappa shape index (κ2) is 5.18. The molecule has 4 fully saturated rings. The van der Waals surface area contributed by atoms with Gasteiger partial charge in [-0.05, 0) is 0 Å². The number of nitrogens with one attached hydrogen (secondary N) is 1. The Bertz CT molecular complexity index is 250. The molecule has 0 heterocycles. The zero-order valence-corrected chi connectivity index (χ0v) is 12.2. The van der Waals surface area contributed by atoms with Crippen LogP contribution >= 0.6 is 0 Å². The first-order chi connectivity index (χ1) is 6.72. The molecule has 0 aliphatic heterocycles. The summed E-state index contributed by atoms with van der Waals surface area (Å²) in [5.41, 5.74) is 0.0590. The van der Waals surface area contributed by atoms with Gasteiger partial charge in [0.15, 0.2) is 0 Å². The van der Waals surface area contributed by atoms with E-state index in [1.165, 1.54) is 38.5 Å². The molecule has 89 valence electrons. The SMILES string of the molecule is O=C([NH][Ti+2])C12CC3CC(CC(C3)C1)C2.[Cl-].[Cl-]. The number of rotatable bonds is 1. The molecule has 0 radical (unpaired) electrons. The van der Waals surface area contributed by atoms with Gasteiger partial charge in [-0.2, -0.15) is 0 Å². The average molecular weight is 297 g/mol. The average Bonchev–Trinajstić information content (AvgIpc) is 2.14. The Morgan fingerprint density at radius 2 is 1.38 bits per heavy atom. The molecule has 0 atom stereocenters. The van der Waals surface area contributed by atoms with Crippen LogP contribution in [-0.4, -0.2) is 5.91 Å². The fourth-order valence-corrected chi connectivity index (χ4v) is 4.94. The van der Waals surface area contributed by atoms with Crippen molar-refractivity contribution in [2.24, 2.45) is 23.2 Å². The molecule has 5 heteroatoms. The summed E-state index contributed by atoms with van der Waals surface area (Å²) in [5.74, 6) is 2.95. The second-order valence-corrected chi connectivity index (χ2v) is 6.04. The quantitative estimate of drug-likeness (QED) is 0.489. The third kappa shape index (κ3) is 2.19. The number of hydrogen-bond donors (Lipinski definition) is 1. The molecule has 4 rings (SSSR count). The van der Waals surface area contributed by atoms with Crippen molar-refractivity contribution < 1.29 is 50.3 Å². The van der Waals surface area contributed by atoms with Crippen molar-refractivity contribution in [3.8, 4) is 0 Å². The fourth-order valence-electron chi connectivity index (χ4n) is 4.52. The minimum Gasteiger partial charge on any atom is -1.00 e. The van der Waals surface area contributed by atoms with E-state index in [0.29, 0.717) is 5.91 Å². The summed E-state index contributed by atoms with van der Waals surface area (Å²) in [6.07, 6.45) is 7.78. The Morgan fingerprint density at radius 1 is 1.00 bits per heavy atom. The van der Waals surface area contributed by atoms with E-state index in [4.69, 9.17) is 0 Å². The third-order valence-corrected chi connectivity index (χ3v) is 4.99. The first-order valence-electron chi connectivity index (χ1n) is 5.69. The van der Waals surface area contributed by atoms with Gasteiger partial charge in [0.1, 0.15) is 0 Å². The van der Waals surface area contributed by atoms with Crippen LogP contribution in [-0.2, 0) is 25.5 Å². The summed E-state index contributed by atoms with van der Waals surface area (Å²) in [6, 6.07) is 0. The van der Waals surface area contributed by atoms with Gasteiger partial charge in [0, 0.05) is 0 Å². The molecule has 0 saturated heterocycles. The van der Waals surface area contributed by atoms with Crippen LogP contribution in [0.25, 0.3) is 0 Å². The van der Waals surface area contributed by atoms with E-state index in [-0.39, 0.29) is 30.2 Å². The van der Waals surface area contributed by atoms with E-state index in [1.54, 1.807) is 20.7 Å². The van der Waals surface area contributed by atoms with Crippen molar-refractivity contribution in [2.75, 3.05) is 0 Å². The van der Waals surface area contributed by atoms with E-state index in [0.717, 1.165) is 17.8 Å². The van der Waals surface area contributed by atoms with Gasteiger partial charge in [0.05, 0.1) is 0 Å². The molecule has 0 spiro atoms. The number of carbonyl (C=O) groups is 1. The molecule has 1 N–H and O–H groups in total. The predicted octanol–water partition coefficient (Wildman–Crippen LogP) is -4.21. The van der Waals surface area contributed by atoms with Crippen LogP contribution in [0, 0.1) is 23.2 Å². The monoisotopic (exact) mass is 296 g/mol. The van der Waals surface area contributed by atoms with Gasteiger partial charge >= 0.3 is 96.9 Å². The second-order valence-electron chi connectivity index (χ2n) is 5.65. The van der Waals surface area contributed by atoms with Gasteiger partial charge in [-0.15, -0.1) is 0 Å². The van der Waals surface area contributed by atoms with Gasteiger partial charge in [-0.1, -0.05) is 0 Å². The number of amides is 1. The summed E-state index contributed by atoms with van der Waals surface area (Å²) in [6.45, 7) is 0. The minimum atomic E-state index is 0. The molecule has 4 bridgehead atoms. The van der Waals surface area contributed by atoms with Gasteiger partial charge in [0.25, 0.3) is 0 Å². The van der Waals surface area contributed by atoms with E-state index < -0.39 is 0 Å². The molecular weight excluding hydrogens is 281 g/mol. The molecule has 1 amide bonds. The Balaban J connectivity index is 0.000000640. The van der Waals surface area contributed by atoms with Crippen LogP contribution < -0.4 is 28.6 Å². The van der Waals surface area contributed by atoms with Crippen LogP contribution in [0.2, 0.25) is 0 Å².